The van der Waals surface area contributed by atoms with Crippen LogP contribution in [0.4, 0.5) is 0 Å². The molecule has 0 spiro atoms. The van der Waals surface area contributed by atoms with E-state index in [0.717, 1.165) is 25.8 Å². The highest BCUT2D eigenvalue weighted by molar-refractivity contribution is 5.85. The van der Waals surface area contributed by atoms with Crippen molar-refractivity contribution in [3.05, 3.63) is 0 Å². The Morgan fingerprint density at radius 2 is 1.35 bits per heavy atom. The van der Waals surface area contributed by atoms with Crippen LogP contribution >= 0.6 is 12.4 Å². The number of hydrogen-bond acceptors (Lipinski definition) is 3. The Balaban J connectivity index is 0. The van der Waals surface area contributed by atoms with Crippen molar-refractivity contribution < 1.29 is 0 Å². The maximum atomic E-state index is 5.69. The summed E-state index contributed by atoms with van der Waals surface area (Å²) in [5.74, 6) is 0.0780. The molecule has 0 aromatic heterocycles. The summed E-state index contributed by atoms with van der Waals surface area (Å²) in [6.07, 6.45) is 9.17. The van der Waals surface area contributed by atoms with E-state index in [1.54, 1.807) is 0 Å². The molecule has 0 rings (SSSR count). The van der Waals surface area contributed by atoms with Crippen LogP contribution in [0.15, 0.2) is 4.99 Å². The molecule has 6 heteroatoms. The summed E-state index contributed by atoms with van der Waals surface area (Å²) < 4.78 is 0. The molecular formula is C11H28ClN5. The molecule has 17 heavy (non-hydrogen) atoms. The molecular weight excluding hydrogens is 238 g/mol. The predicted octanol–water partition coefficient (Wildman–Crippen LogP) is 1.05. The van der Waals surface area contributed by atoms with Crippen LogP contribution in [0, 0.1) is 0 Å². The van der Waals surface area contributed by atoms with Crippen LogP contribution in [0.2, 0.25) is 0 Å². The minimum Gasteiger partial charge on any atom is -0.370 e. The van der Waals surface area contributed by atoms with Crippen molar-refractivity contribution >= 4 is 18.4 Å². The van der Waals surface area contributed by atoms with Crippen LogP contribution in [0.25, 0.3) is 0 Å². The largest absolute Gasteiger partial charge is 0.370 e. The SMILES string of the molecule is Cl.NCCCCCCCCCC(N)N=C(N)N. The van der Waals surface area contributed by atoms with Crippen LogP contribution < -0.4 is 22.9 Å². The van der Waals surface area contributed by atoms with Crippen molar-refractivity contribution in [2.75, 3.05) is 6.54 Å². The lowest BCUT2D eigenvalue weighted by atomic mass is 10.1. The van der Waals surface area contributed by atoms with Gasteiger partial charge in [-0.25, -0.2) is 4.99 Å². The number of nitrogens with two attached hydrogens (primary N) is 4. The Hall–Kier alpha value is -0.520. The summed E-state index contributed by atoms with van der Waals surface area (Å²) >= 11 is 0. The average Bonchev–Trinajstić information content (AvgIpc) is 2.21. The molecule has 0 aliphatic heterocycles. The van der Waals surface area contributed by atoms with Gasteiger partial charge in [0.25, 0.3) is 0 Å². The normalized spacial score (nSPS) is 11.6. The zero-order valence-electron chi connectivity index (χ0n) is 10.6. The van der Waals surface area contributed by atoms with Gasteiger partial charge in [-0.05, 0) is 25.8 Å². The Labute approximate surface area is 111 Å². The van der Waals surface area contributed by atoms with Crippen LogP contribution in [0.5, 0.6) is 0 Å². The zero-order valence-corrected chi connectivity index (χ0v) is 11.4. The lowest BCUT2D eigenvalue weighted by Crippen LogP contribution is -2.28. The van der Waals surface area contributed by atoms with Crippen molar-refractivity contribution in [3.63, 3.8) is 0 Å². The summed E-state index contributed by atoms with van der Waals surface area (Å²) in [6, 6.07) is 0. The molecule has 1 unspecified atom stereocenters. The number of halogens is 1. The van der Waals surface area contributed by atoms with Gasteiger partial charge in [0.1, 0.15) is 6.17 Å². The van der Waals surface area contributed by atoms with E-state index in [0.29, 0.717) is 0 Å². The van der Waals surface area contributed by atoms with Crippen molar-refractivity contribution in [2.45, 2.75) is 57.5 Å². The lowest BCUT2D eigenvalue weighted by molar-refractivity contribution is 0.536. The highest BCUT2D eigenvalue weighted by atomic mass is 35.5. The van der Waals surface area contributed by atoms with E-state index in [2.05, 4.69) is 4.99 Å². The van der Waals surface area contributed by atoms with Crippen LogP contribution in [0.3, 0.4) is 0 Å². The number of unbranched alkanes of at least 4 members (excludes halogenated alkanes) is 6. The van der Waals surface area contributed by atoms with E-state index in [4.69, 9.17) is 22.9 Å². The lowest BCUT2D eigenvalue weighted by Gasteiger charge is -2.06. The summed E-state index contributed by atoms with van der Waals surface area (Å²) in [7, 11) is 0. The molecule has 0 amide bonds. The van der Waals surface area contributed by atoms with Gasteiger partial charge in [0.15, 0.2) is 5.96 Å². The van der Waals surface area contributed by atoms with Gasteiger partial charge in [-0.3, -0.25) is 0 Å². The first-order valence-corrected chi connectivity index (χ1v) is 6.21. The molecule has 0 aliphatic rings. The van der Waals surface area contributed by atoms with Gasteiger partial charge in [-0.15, -0.1) is 12.4 Å². The summed E-state index contributed by atoms with van der Waals surface area (Å²) in [4.78, 5) is 3.87. The Kier molecular flexibility index (Phi) is 15.0. The van der Waals surface area contributed by atoms with E-state index in [-0.39, 0.29) is 24.5 Å². The topological polar surface area (TPSA) is 116 Å². The number of hydrogen-bond donors (Lipinski definition) is 4. The molecule has 1 atom stereocenters. The second-order valence-electron chi connectivity index (χ2n) is 4.17. The van der Waals surface area contributed by atoms with Gasteiger partial charge in [-0.2, -0.15) is 0 Å². The fourth-order valence-electron chi connectivity index (χ4n) is 1.64. The van der Waals surface area contributed by atoms with Crippen molar-refractivity contribution in [3.8, 4) is 0 Å². The molecule has 0 fully saturated rings. The number of rotatable bonds is 10. The van der Waals surface area contributed by atoms with Gasteiger partial charge in [0.05, 0.1) is 0 Å². The van der Waals surface area contributed by atoms with Gasteiger partial charge >= 0.3 is 0 Å². The molecule has 8 N–H and O–H groups in total. The smallest absolute Gasteiger partial charge is 0.187 e. The maximum absolute atomic E-state index is 5.69. The highest BCUT2D eigenvalue weighted by Crippen LogP contribution is 2.09. The van der Waals surface area contributed by atoms with Gasteiger partial charge < -0.3 is 22.9 Å². The predicted molar refractivity (Wildman–Crippen MR) is 77.0 cm³/mol. The van der Waals surface area contributed by atoms with Gasteiger partial charge in [0, 0.05) is 0 Å². The first-order valence-electron chi connectivity index (χ1n) is 6.21. The van der Waals surface area contributed by atoms with Crippen LogP contribution in [0.1, 0.15) is 51.4 Å². The van der Waals surface area contributed by atoms with E-state index in [1.807, 2.05) is 0 Å². The molecule has 104 valence electrons. The number of guanidine groups is 1. The third-order valence-corrected chi connectivity index (χ3v) is 2.52. The van der Waals surface area contributed by atoms with E-state index in [1.165, 1.54) is 32.1 Å². The molecule has 0 bridgehead atoms. The Bertz CT molecular complexity index is 183. The van der Waals surface area contributed by atoms with Crippen LogP contribution in [-0.4, -0.2) is 18.7 Å². The first-order chi connectivity index (χ1) is 7.66. The third-order valence-electron chi connectivity index (χ3n) is 2.52. The molecule has 0 aromatic rings. The number of aliphatic imine (C=N–C) groups is 1. The minimum absolute atomic E-state index is 0. The monoisotopic (exact) mass is 265 g/mol. The molecule has 0 saturated heterocycles. The second-order valence-corrected chi connectivity index (χ2v) is 4.17. The fraction of sp³-hybridized carbons (Fsp3) is 0.909. The number of nitrogens with zero attached hydrogens (tertiary/aromatic N) is 1. The molecule has 0 saturated carbocycles. The van der Waals surface area contributed by atoms with E-state index in [9.17, 15) is 0 Å². The van der Waals surface area contributed by atoms with E-state index < -0.39 is 0 Å². The molecule has 0 aliphatic carbocycles. The fourth-order valence-corrected chi connectivity index (χ4v) is 1.64. The molecule has 0 radical (unpaired) electrons. The molecule has 5 nitrogen and oxygen atoms in total. The summed E-state index contributed by atoms with van der Waals surface area (Å²) in [5, 5.41) is 0. The minimum atomic E-state index is -0.234. The van der Waals surface area contributed by atoms with Crippen molar-refractivity contribution in [1.29, 1.82) is 0 Å². The van der Waals surface area contributed by atoms with Crippen molar-refractivity contribution in [2.24, 2.45) is 27.9 Å². The standard InChI is InChI=1S/C11H27N5.ClH/c12-9-7-5-3-1-2-4-6-8-10(13)16-11(14)15;/h10H,1-9,12-13H2,(H4,14,15,16);1H. The summed E-state index contributed by atoms with van der Waals surface area (Å²) in [5.41, 5.74) is 21.6. The maximum Gasteiger partial charge on any atom is 0.187 e. The van der Waals surface area contributed by atoms with Crippen LogP contribution in [-0.2, 0) is 0 Å². The molecule has 0 heterocycles. The quantitative estimate of drug-likeness (QED) is 0.268. The van der Waals surface area contributed by atoms with Crippen molar-refractivity contribution in [1.82, 2.24) is 0 Å². The van der Waals surface area contributed by atoms with Gasteiger partial charge in [-0.1, -0.05) is 32.1 Å². The molecule has 0 aromatic carbocycles. The Morgan fingerprint density at radius 1 is 0.882 bits per heavy atom. The second kappa shape index (κ2) is 13.5. The van der Waals surface area contributed by atoms with Gasteiger partial charge in [0.2, 0.25) is 0 Å². The van der Waals surface area contributed by atoms with E-state index >= 15 is 0 Å². The average molecular weight is 266 g/mol. The Morgan fingerprint density at radius 3 is 1.82 bits per heavy atom. The summed E-state index contributed by atoms with van der Waals surface area (Å²) in [6.45, 7) is 0.813. The highest BCUT2D eigenvalue weighted by Gasteiger charge is 1.99. The first kappa shape index (κ1) is 18.8. The zero-order chi connectivity index (χ0) is 12.2. The third kappa shape index (κ3) is 15.5.